The van der Waals surface area contributed by atoms with Crippen LogP contribution in [0.5, 0.6) is 5.75 Å². The number of rotatable bonds is 6. The van der Waals surface area contributed by atoms with Crippen LogP contribution in [0.4, 0.5) is 5.69 Å². The zero-order chi connectivity index (χ0) is 14.7. The van der Waals surface area contributed by atoms with Crippen molar-refractivity contribution in [2.24, 2.45) is 5.73 Å². The number of aromatic amines is 1. The molecule has 1 saturated carbocycles. The van der Waals surface area contributed by atoms with Gasteiger partial charge in [-0.05, 0) is 37.1 Å². The predicted molar refractivity (Wildman–Crippen MR) is 77.3 cm³/mol. The van der Waals surface area contributed by atoms with Crippen molar-refractivity contribution in [3.63, 3.8) is 0 Å². The molecule has 2 aromatic rings. The molecule has 4 N–H and O–H groups in total. The van der Waals surface area contributed by atoms with Crippen LogP contribution in [0.1, 0.15) is 35.2 Å². The number of nitrogens with zero attached hydrogens (tertiary/aromatic N) is 2. The van der Waals surface area contributed by atoms with E-state index in [0.29, 0.717) is 30.5 Å². The summed E-state index contributed by atoms with van der Waals surface area (Å²) in [5.74, 6) is 1.80. The summed E-state index contributed by atoms with van der Waals surface area (Å²) in [6, 6.07) is 7.08. The molecule has 1 heterocycles. The van der Waals surface area contributed by atoms with E-state index >= 15 is 0 Å². The highest BCUT2D eigenvalue weighted by molar-refractivity contribution is 6.01. The van der Waals surface area contributed by atoms with E-state index in [1.165, 1.54) is 0 Å². The van der Waals surface area contributed by atoms with Crippen LogP contribution in [0.15, 0.2) is 24.3 Å². The molecule has 0 bridgehead atoms. The molecule has 110 valence electrons. The summed E-state index contributed by atoms with van der Waals surface area (Å²) in [4.78, 5) is 16.2. The van der Waals surface area contributed by atoms with Crippen molar-refractivity contribution in [2.45, 2.75) is 18.8 Å². The average Bonchev–Trinajstić information content (AvgIpc) is 3.23. The van der Waals surface area contributed by atoms with E-state index in [4.69, 9.17) is 10.5 Å². The van der Waals surface area contributed by atoms with Crippen molar-refractivity contribution >= 4 is 11.6 Å². The number of anilines is 1. The van der Waals surface area contributed by atoms with E-state index in [9.17, 15) is 4.79 Å². The van der Waals surface area contributed by atoms with Gasteiger partial charge in [0.05, 0.1) is 0 Å². The molecule has 7 heteroatoms. The molecule has 1 aromatic carbocycles. The molecule has 0 spiro atoms. The van der Waals surface area contributed by atoms with Gasteiger partial charge in [0.2, 0.25) is 5.82 Å². The first-order chi connectivity index (χ1) is 10.3. The summed E-state index contributed by atoms with van der Waals surface area (Å²) in [6.45, 7) is 0.930. The highest BCUT2D eigenvalue weighted by Gasteiger charge is 2.28. The molecule has 0 saturated heterocycles. The van der Waals surface area contributed by atoms with Crippen molar-refractivity contribution in [3.05, 3.63) is 35.9 Å². The van der Waals surface area contributed by atoms with Crippen LogP contribution in [-0.2, 0) is 0 Å². The average molecular weight is 287 g/mol. The lowest BCUT2D eigenvalue weighted by molar-refractivity contribution is 0.101. The standard InChI is InChI=1S/C14H17N5O2/c15-7-8-21-11-5-3-10(4-6-11)16-14(20)13-17-12(18-19-13)9-1-2-9/h3-6,9H,1-2,7-8,15H2,(H,16,20)(H,17,18,19). The molecule has 1 aromatic heterocycles. The Kier molecular flexibility index (Phi) is 3.83. The highest BCUT2D eigenvalue weighted by atomic mass is 16.5. The van der Waals surface area contributed by atoms with Crippen LogP contribution in [0.2, 0.25) is 0 Å². The number of aromatic nitrogens is 3. The topological polar surface area (TPSA) is 106 Å². The second-order valence-corrected chi connectivity index (χ2v) is 4.93. The molecular formula is C14H17N5O2. The van der Waals surface area contributed by atoms with Gasteiger partial charge in [0.15, 0.2) is 0 Å². The minimum Gasteiger partial charge on any atom is -0.492 e. The summed E-state index contributed by atoms with van der Waals surface area (Å²) in [5, 5.41) is 9.51. The lowest BCUT2D eigenvalue weighted by Gasteiger charge is -2.06. The Morgan fingerprint density at radius 1 is 1.38 bits per heavy atom. The summed E-state index contributed by atoms with van der Waals surface area (Å²) in [6.07, 6.45) is 2.22. The number of nitrogens with one attached hydrogen (secondary N) is 2. The fourth-order valence-electron chi connectivity index (χ4n) is 1.91. The fourth-order valence-corrected chi connectivity index (χ4v) is 1.91. The molecule has 21 heavy (non-hydrogen) atoms. The first-order valence-corrected chi connectivity index (χ1v) is 6.93. The van der Waals surface area contributed by atoms with Crippen LogP contribution in [0, 0.1) is 0 Å². The number of H-pyrrole nitrogens is 1. The van der Waals surface area contributed by atoms with Gasteiger partial charge in [-0.3, -0.25) is 9.89 Å². The van der Waals surface area contributed by atoms with E-state index in [0.717, 1.165) is 18.7 Å². The molecule has 0 atom stereocenters. The first-order valence-electron chi connectivity index (χ1n) is 6.93. The molecule has 0 unspecified atom stereocenters. The van der Waals surface area contributed by atoms with Crippen molar-refractivity contribution < 1.29 is 9.53 Å². The second kappa shape index (κ2) is 5.92. The van der Waals surface area contributed by atoms with Crippen LogP contribution in [-0.4, -0.2) is 34.2 Å². The predicted octanol–water partition coefficient (Wildman–Crippen LogP) is 1.27. The van der Waals surface area contributed by atoms with Gasteiger partial charge in [0, 0.05) is 18.2 Å². The summed E-state index contributed by atoms with van der Waals surface area (Å²) >= 11 is 0. The lowest BCUT2D eigenvalue weighted by atomic mass is 10.3. The highest BCUT2D eigenvalue weighted by Crippen LogP contribution is 2.37. The Labute approximate surface area is 121 Å². The van der Waals surface area contributed by atoms with Crippen molar-refractivity contribution in [2.75, 3.05) is 18.5 Å². The minimum absolute atomic E-state index is 0.167. The third kappa shape index (κ3) is 3.38. The number of hydrogen-bond acceptors (Lipinski definition) is 5. The SMILES string of the molecule is NCCOc1ccc(NC(=O)c2n[nH]c(C3CC3)n2)cc1. The Morgan fingerprint density at radius 2 is 2.14 bits per heavy atom. The number of carbonyl (C=O) groups excluding carboxylic acids is 1. The molecule has 1 fully saturated rings. The normalized spacial score (nSPS) is 14.0. The zero-order valence-corrected chi connectivity index (χ0v) is 11.5. The summed E-state index contributed by atoms with van der Waals surface area (Å²) in [5.41, 5.74) is 6.03. The molecule has 1 aliphatic rings. The van der Waals surface area contributed by atoms with Crippen LogP contribution < -0.4 is 15.8 Å². The number of ether oxygens (including phenoxy) is 1. The number of amides is 1. The third-order valence-corrected chi connectivity index (χ3v) is 3.17. The van der Waals surface area contributed by atoms with Crippen LogP contribution in [0.3, 0.4) is 0 Å². The molecule has 7 nitrogen and oxygen atoms in total. The maximum atomic E-state index is 12.0. The van der Waals surface area contributed by atoms with E-state index < -0.39 is 0 Å². The van der Waals surface area contributed by atoms with E-state index in [-0.39, 0.29) is 11.7 Å². The van der Waals surface area contributed by atoms with Gasteiger partial charge in [-0.15, -0.1) is 5.10 Å². The first kappa shape index (κ1) is 13.6. The largest absolute Gasteiger partial charge is 0.492 e. The Balaban J connectivity index is 1.60. The Bertz CT molecular complexity index is 619. The molecule has 1 aliphatic carbocycles. The quantitative estimate of drug-likeness (QED) is 0.742. The zero-order valence-electron chi connectivity index (χ0n) is 11.5. The number of benzene rings is 1. The second-order valence-electron chi connectivity index (χ2n) is 4.93. The fraction of sp³-hybridized carbons (Fsp3) is 0.357. The number of carbonyl (C=O) groups is 1. The van der Waals surface area contributed by atoms with Crippen LogP contribution >= 0.6 is 0 Å². The maximum Gasteiger partial charge on any atom is 0.295 e. The summed E-state index contributed by atoms with van der Waals surface area (Å²) in [7, 11) is 0. The van der Waals surface area contributed by atoms with Gasteiger partial charge < -0.3 is 15.8 Å². The lowest BCUT2D eigenvalue weighted by Crippen LogP contribution is -2.14. The Hall–Kier alpha value is -2.41. The van der Waals surface area contributed by atoms with Gasteiger partial charge in [0.25, 0.3) is 5.91 Å². The van der Waals surface area contributed by atoms with E-state index in [2.05, 4.69) is 20.5 Å². The number of hydrogen-bond donors (Lipinski definition) is 3. The van der Waals surface area contributed by atoms with Crippen molar-refractivity contribution in [1.29, 1.82) is 0 Å². The molecule has 0 aliphatic heterocycles. The van der Waals surface area contributed by atoms with Gasteiger partial charge in [0.1, 0.15) is 18.2 Å². The summed E-state index contributed by atoms with van der Waals surface area (Å²) < 4.78 is 5.37. The minimum atomic E-state index is -0.325. The van der Waals surface area contributed by atoms with Gasteiger partial charge in [-0.2, -0.15) is 0 Å². The van der Waals surface area contributed by atoms with Crippen LogP contribution in [0.25, 0.3) is 0 Å². The molecule has 0 radical (unpaired) electrons. The van der Waals surface area contributed by atoms with E-state index in [1.807, 2.05) is 0 Å². The van der Waals surface area contributed by atoms with Crippen molar-refractivity contribution in [3.8, 4) is 5.75 Å². The molecular weight excluding hydrogens is 270 g/mol. The van der Waals surface area contributed by atoms with Gasteiger partial charge in [-0.1, -0.05) is 0 Å². The monoisotopic (exact) mass is 287 g/mol. The van der Waals surface area contributed by atoms with Crippen molar-refractivity contribution in [1.82, 2.24) is 15.2 Å². The molecule has 3 rings (SSSR count). The maximum absolute atomic E-state index is 12.0. The Morgan fingerprint density at radius 3 is 2.81 bits per heavy atom. The molecule has 1 amide bonds. The van der Waals surface area contributed by atoms with Gasteiger partial charge in [-0.25, -0.2) is 4.98 Å². The third-order valence-electron chi connectivity index (χ3n) is 3.17. The number of nitrogens with two attached hydrogens (primary N) is 1. The van der Waals surface area contributed by atoms with Gasteiger partial charge >= 0.3 is 0 Å². The van der Waals surface area contributed by atoms with E-state index in [1.54, 1.807) is 24.3 Å². The smallest absolute Gasteiger partial charge is 0.295 e.